The minimum Gasteiger partial charge on any atom is -0.493 e. The van der Waals surface area contributed by atoms with Crippen molar-refractivity contribution in [1.29, 1.82) is 0 Å². The van der Waals surface area contributed by atoms with Gasteiger partial charge in [0.25, 0.3) is 0 Å². The van der Waals surface area contributed by atoms with Gasteiger partial charge in [0.2, 0.25) is 0 Å². The molecule has 0 saturated carbocycles. The molecule has 3 rings (SSSR count). The number of benzene rings is 2. The van der Waals surface area contributed by atoms with Gasteiger partial charge in [0.15, 0.2) is 18.3 Å². The predicted molar refractivity (Wildman–Crippen MR) is 108 cm³/mol. The van der Waals surface area contributed by atoms with E-state index in [-0.39, 0.29) is 6.79 Å². The van der Waals surface area contributed by atoms with Crippen LogP contribution in [0.3, 0.4) is 0 Å². The highest BCUT2D eigenvalue weighted by Gasteiger charge is 2.06. The van der Waals surface area contributed by atoms with Crippen LogP contribution >= 0.6 is 11.3 Å². The van der Waals surface area contributed by atoms with Gasteiger partial charge < -0.3 is 19.1 Å². The molecule has 1 heterocycles. The minimum absolute atomic E-state index is 0.187. The first kappa shape index (κ1) is 18.2. The number of ether oxygens (including phenoxy) is 3. The van der Waals surface area contributed by atoms with E-state index in [0.29, 0.717) is 11.5 Å². The Hall–Kier alpha value is -2.57. The second-order valence-electron chi connectivity index (χ2n) is 5.89. The molecule has 1 aromatic heterocycles. The maximum atomic E-state index is 5.48. The van der Waals surface area contributed by atoms with Crippen molar-refractivity contribution >= 4 is 39.4 Å². The first-order valence-electron chi connectivity index (χ1n) is 8.16. The van der Waals surface area contributed by atoms with Crippen LogP contribution in [-0.4, -0.2) is 40.1 Å². The van der Waals surface area contributed by atoms with Gasteiger partial charge in [0, 0.05) is 26.9 Å². The molecule has 0 spiro atoms. The molecular weight excluding hydrogens is 348 g/mol. The number of rotatable bonds is 7. The summed E-state index contributed by atoms with van der Waals surface area (Å²) in [5.74, 6) is 1.33. The number of anilines is 1. The van der Waals surface area contributed by atoms with E-state index in [1.807, 2.05) is 44.4 Å². The highest BCUT2D eigenvalue weighted by molar-refractivity contribution is 7.19. The molecule has 5 nitrogen and oxygen atoms in total. The fraction of sp³-hybridized carbons (Fsp3) is 0.250. The molecule has 0 radical (unpaired) electrons. The lowest BCUT2D eigenvalue weighted by Gasteiger charge is -2.11. The Morgan fingerprint density at radius 3 is 2.62 bits per heavy atom. The Kier molecular flexibility index (Phi) is 5.75. The van der Waals surface area contributed by atoms with Crippen molar-refractivity contribution in [3.8, 4) is 11.5 Å². The van der Waals surface area contributed by atoms with Crippen LogP contribution in [0.5, 0.6) is 11.5 Å². The number of thiazole rings is 1. The smallest absolute Gasteiger partial charge is 0.188 e. The lowest BCUT2D eigenvalue weighted by atomic mass is 10.2. The van der Waals surface area contributed by atoms with Gasteiger partial charge in [-0.3, -0.25) is 0 Å². The van der Waals surface area contributed by atoms with E-state index in [1.54, 1.807) is 25.6 Å². The summed E-state index contributed by atoms with van der Waals surface area (Å²) in [6, 6.07) is 12.1. The van der Waals surface area contributed by atoms with Gasteiger partial charge >= 0.3 is 0 Å². The maximum Gasteiger partial charge on any atom is 0.188 e. The van der Waals surface area contributed by atoms with E-state index in [2.05, 4.69) is 28.1 Å². The summed E-state index contributed by atoms with van der Waals surface area (Å²) < 4.78 is 17.0. The van der Waals surface area contributed by atoms with Crippen molar-refractivity contribution in [2.75, 3.05) is 40.0 Å². The third-order valence-corrected chi connectivity index (χ3v) is 4.83. The SMILES string of the molecule is COCOc1ccc(/C=C/c2nc3ccc(N(C)C)cc3s2)cc1OC. The summed E-state index contributed by atoms with van der Waals surface area (Å²) in [6.07, 6.45) is 4.04. The molecular formula is C20H22N2O3S. The maximum absolute atomic E-state index is 5.48. The molecule has 0 bridgehead atoms. The zero-order valence-electron chi connectivity index (χ0n) is 15.4. The Morgan fingerprint density at radius 2 is 1.88 bits per heavy atom. The highest BCUT2D eigenvalue weighted by Crippen LogP contribution is 2.30. The van der Waals surface area contributed by atoms with Crippen LogP contribution in [0.2, 0.25) is 0 Å². The molecule has 2 aromatic carbocycles. The van der Waals surface area contributed by atoms with Gasteiger partial charge in [0.05, 0.1) is 17.3 Å². The number of methoxy groups -OCH3 is 2. The van der Waals surface area contributed by atoms with E-state index >= 15 is 0 Å². The number of hydrogen-bond acceptors (Lipinski definition) is 6. The van der Waals surface area contributed by atoms with Crippen LogP contribution in [-0.2, 0) is 4.74 Å². The lowest BCUT2D eigenvalue weighted by Crippen LogP contribution is -2.07. The topological polar surface area (TPSA) is 43.8 Å². The van der Waals surface area contributed by atoms with Crippen LogP contribution < -0.4 is 14.4 Å². The zero-order chi connectivity index (χ0) is 18.5. The van der Waals surface area contributed by atoms with Crippen molar-refractivity contribution < 1.29 is 14.2 Å². The van der Waals surface area contributed by atoms with E-state index in [9.17, 15) is 0 Å². The molecule has 3 aromatic rings. The first-order valence-corrected chi connectivity index (χ1v) is 8.98. The first-order chi connectivity index (χ1) is 12.6. The average molecular weight is 370 g/mol. The Morgan fingerprint density at radius 1 is 1.04 bits per heavy atom. The van der Waals surface area contributed by atoms with Crippen LogP contribution in [0.1, 0.15) is 10.6 Å². The standard InChI is InChI=1S/C20H22N2O3S/c1-22(2)15-7-8-16-19(12-15)26-20(21-16)10-6-14-5-9-17(25-13-23-3)18(11-14)24-4/h5-12H,13H2,1-4H3/b10-6+. The monoisotopic (exact) mass is 370 g/mol. The van der Waals surface area contributed by atoms with E-state index in [0.717, 1.165) is 16.1 Å². The second kappa shape index (κ2) is 8.21. The molecule has 0 aliphatic rings. The Bertz CT molecular complexity index is 919. The van der Waals surface area contributed by atoms with Crippen molar-refractivity contribution in [1.82, 2.24) is 4.98 Å². The van der Waals surface area contributed by atoms with Crippen molar-refractivity contribution in [2.45, 2.75) is 0 Å². The summed E-state index contributed by atoms with van der Waals surface area (Å²) in [7, 11) is 7.29. The van der Waals surface area contributed by atoms with Crippen molar-refractivity contribution in [3.63, 3.8) is 0 Å². The molecule has 0 unspecified atom stereocenters. The summed E-state index contributed by atoms with van der Waals surface area (Å²) >= 11 is 1.68. The molecule has 26 heavy (non-hydrogen) atoms. The van der Waals surface area contributed by atoms with Gasteiger partial charge in [-0.25, -0.2) is 4.98 Å². The van der Waals surface area contributed by atoms with E-state index in [1.165, 1.54) is 10.4 Å². The molecule has 136 valence electrons. The number of hydrogen-bond donors (Lipinski definition) is 0. The van der Waals surface area contributed by atoms with E-state index in [4.69, 9.17) is 14.2 Å². The fourth-order valence-electron chi connectivity index (χ4n) is 2.48. The van der Waals surface area contributed by atoms with Crippen LogP contribution in [0.4, 0.5) is 5.69 Å². The van der Waals surface area contributed by atoms with Gasteiger partial charge in [-0.05, 0) is 42.0 Å². The van der Waals surface area contributed by atoms with Crippen LogP contribution in [0, 0.1) is 0 Å². The summed E-state index contributed by atoms with van der Waals surface area (Å²) in [4.78, 5) is 6.76. The van der Waals surface area contributed by atoms with Gasteiger partial charge in [-0.15, -0.1) is 11.3 Å². The quantitative estimate of drug-likeness (QED) is 0.572. The Labute approximate surface area is 157 Å². The third kappa shape index (κ3) is 4.15. The molecule has 0 aliphatic carbocycles. The fourth-order valence-corrected chi connectivity index (χ4v) is 3.38. The molecule has 0 N–H and O–H groups in total. The molecule has 0 fully saturated rings. The van der Waals surface area contributed by atoms with Gasteiger partial charge in [-0.2, -0.15) is 0 Å². The number of fused-ring (bicyclic) bond motifs is 1. The van der Waals surface area contributed by atoms with Gasteiger partial charge in [-0.1, -0.05) is 12.1 Å². The predicted octanol–water partition coefficient (Wildman–Crippen LogP) is 4.52. The molecule has 0 saturated heterocycles. The molecule has 6 heteroatoms. The molecule has 0 amide bonds. The Balaban J connectivity index is 1.81. The van der Waals surface area contributed by atoms with Crippen molar-refractivity contribution in [2.24, 2.45) is 0 Å². The summed E-state index contributed by atoms with van der Waals surface area (Å²) in [5, 5.41) is 0.967. The summed E-state index contributed by atoms with van der Waals surface area (Å²) in [5.41, 5.74) is 3.20. The average Bonchev–Trinajstić information content (AvgIpc) is 3.06. The minimum atomic E-state index is 0.187. The lowest BCUT2D eigenvalue weighted by molar-refractivity contribution is 0.0491. The molecule has 0 atom stereocenters. The summed E-state index contributed by atoms with van der Waals surface area (Å²) in [6.45, 7) is 0.187. The second-order valence-corrected chi connectivity index (χ2v) is 6.96. The highest BCUT2D eigenvalue weighted by atomic mass is 32.1. The van der Waals surface area contributed by atoms with E-state index < -0.39 is 0 Å². The number of aromatic nitrogens is 1. The van der Waals surface area contributed by atoms with Crippen molar-refractivity contribution in [3.05, 3.63) is 47.0 Å². The normalized spacial score (nSPS) is 11.2. The number of nitrogens with zero attached hydrogens (tertiary/aromatic N) is 2. The van der Waals surface area contributed by atoms with Gasteiger partial charge in [0.1, 0.15) is 5.01 Å². The van der Waals surface area contributed by atoms with Crippen LogP contribution in [0.15, 0.2) is 36.4 Å². The zero-order valence-corrected chi connectivity index (χ0v) is 16.2. The van der Waals surface area contributed by atoms with Crippen LogP contribution in [0.25, 0.3) is 22.4 Å². The molecule has 0 aliphatic heterocycles. The third-order valence-electron chi connectivity index (χ3n) is 3.84. The largest absolute Gasteiger partial charge is 0.493 e.